The Balaban J connectivity index is 1.94. The van der Waals surface area contributed by atoms with E-state index in [1.807, 2.05) is 0 Å². The van der Waals surface area contributed by atoms with E-state index in [9.17, 15) is 0 Å². The van der Waals surface area contributed by atoms with Crippen LogP contribution in [0.25, 0.3) is 10.9 Å². The van der Waals surface area contributed by atoms with Gasteiger partial charge in [-0.1, -0.05) is 18.2 Å². The monoisotopic (exact) mass is 228 g/mol. The minimum Gasteiger partial charge on any atom is -0.358 e. The highest BCUT2D eigenvalue weighted by atomic mass is 14.8. The zero-order chi connectivity index (χ0) is 12.0. The van der Waals surface area contributed by atoms with Gasteiger partial charge < -0.3 is 10.7 Å². The average molecular weight is 228 g/mol. The second-order valence-corrected chi connectivity index (χ2v) is 5.59. The summed E-state index contributed by atoms with van der Waals surface area (Å²) in [6.45, 7) is 4.37. The summed E-state index contributed by atoms with van der Waals surface area (Å²) in [5.41, 5.74) is 11.7. The molecule has 1 aromatic heterocycles. The number of benzene rings is 1. The smallest absolute Gasteiger partial charge is 0.0488 e. The Kier molecular flexibility index (Phi) is 2.30. The lowest BCUT2D eigenvalue weighted by Crippen LogP contribution is -2.22. The number of nitrogens with two attached hydrogens (primary N) is 1. The second kappa shape index (κ2) is 3.61. The summed E-state index contributed by atoms with van der Waals surface area (Å²) in [6.07, 6.45) is 4.59. The summed E-state index contributed by atoms with van der Waals surface area (Å²) in [7, 11) is 0. The number of aryl methyl sites for hydroxylation is 3. The van der Waals surface area contributed by atoms with Crippen molar-refractivity contribution in [2.75, 3.05) is 0 Å². The number of hydrogen-bond donors (Lipinski definition) is 2. The van der Waals surface area contributed by atoms with E-state index in [2.05, 4.69) is 37.0 Å². The highest BCUT2D eigenvalue weighted by Gasteiger charge is 2.37. The molecule has 2 nitrogen and oxygen atoms in total. The molecule has 1 aromatic carbocycles. The molecule has 0 amide bonds. The summed E-state index contributed by atoms with van der Waals surface area (Å²) < 4.78 is 0. The summed E-state index contributed by atoms with van der Waals surface area (Å²) in [4.78, 5) is 3.58. The molecule has 2 aromatic rings. The quantitative estimate of drug-likeness (QED) is 0.832. The predicted molar refractivity (Wildman–Crippen MR) is 72.2 cm³/mol. The molecule has 0 aliphatic heterocycles. The van der Waals surface area contributed by atoms with Gasteiger partial charge in [-0.25, -0.2) is 0 Å². The van der Waals surface area contributed by atoms with Crippen LogP contribution in [-0.2, 0) is 6.42 Å². The molecular weight excluding hydrogens is 208 g/mol. The Morgan fingerprint density at radius 2 is 2.06 bits per heavy atom. The molecule has 0 spiro atoms. The number of nitrogens with one attached hydrogen (secondary N) is 1. The maximum Gasteiger partial charge on any atom is 0.0488 e. The van der Waals surface area contributed by atoms with Crippen molar-refractivity contribution in [1.82, 2.24) is 4.98 Å². The molecule has 17 heavy (non-hydrogen) atoms. The highest BCUT2D eigenvalue weighted by Crippen LogP contribution is 2.37. The van der Waals surface area contributed by atoms with Gasteiger partial charge in [-0.3, -0.25) is 0 Å². The molecule has 1 heterocycles. The third-order valence-electron chi connectivity index (χ3n) is 4.17. The highest BCUT2D eigenvalue weighted by molar-refractivity contribution is 5.86. The second-order valence-electron chi connectivity index (χ2n) is 5.59. The Labute approximate surface area is 102 Å². The van der Waals surface area contributed by atoms with Crippen LogP contribution in [0.5, 0.6) is 0 Å². The molecular formula is C15H20N2. The fraction of sp³-hybridized carbons (Fsp3) is 0.467. The van der Waals surface area contributed by atoms with Crippen LogP contribution >= 0.6 is 0 Å². The van der Waals surface area contributed by atoms with Crippen molar-refractivity contribution in [3.63, 3.8) is 0 Å². The molecule has 1 aliphatic rings. The lowest BCUT2D eigenvalue weighted by Gasteiger charge is -2.07. The van der Waals surface area contributed by atoms with Gasteiger partial charge in [0.1, 0.15) is 0 Å². The number of aromatic amines is 1. The van der Waals surface area contributed by atoms with Crippen LogP contribution in [-0.4, -0.2) is 10.5 Å². The summed E-state index contributed by atoms with van der Waals surface area (Å²) in [5.74, 6) is 0. The van der Waals surface area contributed by atoms with Crippen molar-refractivity contribution in [3.05, 3.63) is 35.0 Å². The zero-order valence-corrected chi connectivity index (χ0v) is 10.6. The summed E-state index contributed by atoms with van der Waals surface area (Å²) >= 11 is 0. The van der Waals surface area contributed by atoms with Crippen molar-refractivity contribution in [3.8, 4) is 0 Å². The third-order valence-corrected chi connectivity index (χ3v) is 4.17. The molecule has 0 atom stereocenters. The van der Waals surface area contributed by atoms with E-state index < -0.39 is 0 Å². The number of aromatic nitrogens is 1. The normalized spacial score (nSPS) is 17.6. The number of H-pyrrole nitrogens is 1. The van der Waals surface area contributed by atoms with Gasteiger partial charge in [0, 0.05) is 22.1 Å². The van der Waals surface area contributed by atoms with Crippen molar-refractivity contribution in [1.29, 1.82) is 0 Å². The van der Waals surface area contributed by atoms with Crippen molar-refractivity contribution in [2.24, 2.45) is 5.73 Å². The maximum absolute atomic E-state index is 6.15. The lowest BCUT2D eigenvalue weighted by molar-refractivity contribution is 0.604. The molecule has 3 N–H and O–H groups in total. The zero-order valence-electron chi connectivity index (χ0n) is 10.6. The first kappa shape index (κ1) is 10.8. The number of para-hydroxylation sites is 1. The van der Waals surface area contributed by atoms with Crippen molar-refractivity contribution < 1.29 is 0 Å². The summed E-state index contributed by atoms with van der Waals surface area (Å²) in [5, 5.41) is 1.36. The van der Waals surface area contributed by atoms with Crippen LogP contribution < -0.4 is 5.73 Å². The van der Waals surface area contributed by atoms with E-state index in [1.54, 1.807) is 0 Å². The van der Waals surface area contributed by atoms with Crippen LogP contribution in [0.1, 0.15) is 36.1 Å². The van der Waals surface area contributed by atoms with Crippen molar-refractivity contribution >= 4 is 10.9 Å². The van der Waals surface area contributed by atoms with Crippen LogP contribution in [0.2, 0.25) is 0 Å². The van der Waals surface area contributed by atoms with Gasteiger partial charge in [-0.15, -0.1) is 0 Å². The summed E-state index contributed by atoms with van der Waals surface area (Å²) in [6, 6.07) is 6.49. The first-order valence-electron chi connectivity index (χ1n) is 6.45. The molecule has 1 saturated carbocycles. The SMILES string of the molecule is Cc1c(CCC2(N)CC2)[nH]c2c(C)cccc12. The van der Waals surface area contributed by atoms with Gasteiger partial charge in [-0.2, -0.15) is 0 Å². The molecule has 1 aliphatic carbocycles. The van der Waals surface area contributed by atoms with Crippen LogP contribution in [0, 0.1) is 13.8 Å². The lowest BCUT2D eigenvalue weighted by atomic mass is 10.0. The van der Waals surface area contributed by atoms with E-state index >= 15 is 0 Å². The van der Waals surface area contributed by atoms with Crippen LogP contribution in [0.4, 0.5) is 0 Å². The Morgan fingerprint density at radius 3 is 2.71 bits per heavy atom. The van der Waals surface area contributed by atoms with Crippen LogP contribution in [0.15, 0.2) is 18.2 Å². The van der Waals surface area contributed by atoms with E-state index in [0.29, 0.717) is 0 Å². The molecule has 3 rings (SSSR count). The fourth-order valence-corrected chi connectivity index (χ4v) is 2.59. The molecule has 0 radical (unpaired) electrons. The standard InChI is InChI=1S/C15H20N2/c1-10-4-3-5-12-11(2)13(17-14(10)12)6-7-15(16)8-9-15/h3-5,17H,6-9,16H2,1-2H3. The first-order chi connectivity index (χ1) is 8.09. The fourth-order valence-electron chi connectivity index (χ4n) is 2.59. The van der Waals surface area contributed by atoms with E-state index in [4.69, 9.17) is 5.73 Å². The van der Waals surface area contributed by atoms with Gasteiger partial charge in [0.05, 0.1) is 0 Å². The Morgan fingerprint density at radius 1 is 1.29 bits per heavy atom. The van der Waals surface area contributed by atoms with Gasteiger partial charge in [0.25, 0.3) is 0 Å². The van der Waals surface area contributed by atoms with Gasteiger partial charge in [0.2, 0.25) is 0 Å². The first-order valence-corrected chi connectivity index (χ1v) is 6.45. The molecule has 2 heteroatoms. The Bertz CT molecular complexity index is 562. The van der Waals surface area contributed by atoms with Crippen LogP contribution in [0.3, 0.4) is 0 Å². The number of rotatable bonds is 3. The van der Waals surface area contributed by atoms with Gasteiger partial charge in [-0.05, 0) is 50.7 Å². The van der Waals surface area contributed by atoms with Gasteiger partial charge >= 0.3 is 0 Å². The van der Waals surface area contributed by atoms with E-state index in [-0.39, 0.29) is 5.54 Å². The molecule has 90 valence electrons. The average Bonchev–Trinajstić information content (AvgIpc) is 2.95. The largest absolute Gasteiger partial charge is 0.358 e. The number of fused-ring (bicyclic) bond motifs is 1. The minimum atomic E-state index is 0.152. The molecule has 0 bridgehead atoms. The predicted octanol–water partition coefficient (Wildman–Crippen LogP) is 3.21. The maximum atomic E-state index is 6.15. The Hall–Kier alpha value is -1.28. The molecule has 0 saturated heterocycles. The molecule has 0 unspecified atom stereocenters. The minimum absolute atomic E-state index is 0.152. The van der Waals surface area contributed by atoms with Gasteiger partial charge in [0.15, 0.2) is 0 Å². The molecule has 1 fully saturated rings. The van der Waals surface area contributed by atoms with E-state index in [0.717, 1.165) is 12.8 Å². The topological polar surface area (TPSA) is 41.8 Å². The van der Waals surface area contributed by atoms with Crippen molar-refractivity contribution in [2.45, 2.75) is 45.1 Å². The van der Waals surface area contributed by atoms with E-state index in [1.165, 1.54) is 40.6 Å². The number of hydrogen-bond acceptors (Lipinski definition) is 1. The third kappa shape index (κ3) is 1.87.